The van der Waals surface area contributed by atoms with Crippen molar-refractivity contribution in [3.63, 3.8) is 0 Å². The van der Waals surface area contributed by atoms with Crippen molar-refractivity contribution in [1.29, 1.82) is 0 Å². The fraction of sp³-hybridized carbons (Fsp3) is 0.300. The molecule has 0 aromatic heterocycles. The second-order valence-corrected chi connectivity index (χ2v) is 2.84. The molecule has 1 rings (SSSR count). The highest BCUT2D eigenvalue weighted by Crippen LogP contribution is 2.27. The number of halogens is 5. The van der Waals surface area contributed by atoms with Crippen LogP contribution in [0.5, 0.6) is 5.75 Å². The molecule has 0 saturated heterocycles. The Hall–Kier alpha value is -1.86. The number of carbonyl (C=O) groups is 1. The number of benzene rings is 1. The van der Waals surface area contributed by atoms with Crippen molar-refractivity contribution in [2.45, 2.75) is 13.8 Å². The maximum Gasteiger partial charge on any atom is 0.302 e. The van der Waals surface area contributed by atoms with E-state index < -0.39 is 34.8 Å². The standard InChI is InChI=1S/C6HF5O.C4H8O2/c7-1-2(8)4(10)6(12)5(11)3(1)9;1-3-6-4(2)5/h12H;3H2,1-2H3. The zero-order valence-corrected chi connectivity index (χ0v) is 9.36. The zero-order valence-electron chi connectivity index (χ0n) is 9.36. The Kier molecular flexibility index (Phi) is 6.07. The highest BCUT2D eigenvalue weighted by atomic mass is 19.2. The Morgan fingerprint density at radius 3 is 1.56 bits per heavy atom. The van der Waals surface area contributed by atoms with Crippen molar-refractivity contribution < 1.29 is 36.6 Å². The molecule has 102 valence electrons. The molecule has 0 aliphatic carbocycles. The van der Waals surface area contributed by atoms with Crippen molar-refractivity contribution in [2.24, 2.45) is 0 Å². The minimum absolute atomic E-state index is 0.211. The molecule has 0 aliphatic rings. The Bertz CT molecular complexity index is 343. The number of phenolic OH excluding ortho intramolecular Hbond substituents is 1. The quantitative estimate of drug-likeness (QED) is 0.370. The summed E-state index contributed by atoms with van der Waals surface area (Å²) >= 11 is 0. The second-order valence-electron chi connectivity index (χ2n) is 2.84. The van der Waals surface area contributed by atoms with Crippen LogP contribution in [0, 0.1) is 29.1 Å². The van der Waals surface area contributed by atoms with Gasteiger partial charge < -0.3 is 9.84 Å². The van der Waals surface area contributed by atoms with Crippen LogP contribution < -0.4 is 0 Å². The lowest BCUT2D eigenvalue weighted by Crippen LogP contribution is -2.00. The van der Waals surface area contributed by atoms with Crippen molar-refractivity contribution in [2.75, 3.05) is 6.61 Å². The van der Waals surface area contributed by atoms with Crippen molar-refractivity contribution in [1.82, 2.24) is 0 Å². The van der Waals surface area contributed by atoms with Crippen molar-refractivity contribution in [3.8, 4) is 5.75 Å². The molecule has 3 nitrogen and oxygen atoms in total. The smallest absolute Gasteiger partial charge is 0.302 e. The molecule has 18 heavy (non-hydrogen) atoms. The molecule has 0 aliphatic heterocycles. The fourth-order valence-electron chi connectivity index (χ4n) is 0.797. The van der Waals surface area contributed by atoms with Gasteiger partial charge in [-0.1, -0.05) is 0 Å². The molecular weight excluding hydrogens is 263 g/mol. The summed E-state index contributed by atoms with van der Waals surface area (Å²) in [6.45, 7) is 3.65. The van der Waals surface area contributed by atoms with Gasteiger partial charge in [0.05, 0.1) is 6.61 Å². The highest BCUT2D eigenvalue weighted by molar-refractivity contribution is 5.65. The van der Waals surface area contributed by atoms with E-state index in [0.717, 1.165) is 0 Å². The third-order valence-electron chi connectivity index (χ3n) is 1.53. The van der Waals surface area contributed by atoms with E-state index in [0.29, 0.717) is 6.61 Å². The Morgan fingerprint density at radius 1 is 1.00 bits per heavy atom. The number of hydrogen-bond acceptors (Lipinski definition) is 3. The van der Waals surface area contributed by atoms with E-state index >= 15 is 0 Å². The van der Waals surface area contributed by atoms with E-state index in [1.165, 1.54) is 6.92 Å². The van der Waals surface area contributed by atoms with Crippen LogP contribution in [0.15, 0.2) is 0 Å². The average molecular weight is 272 g/mol. The molecule has 0 atom stereocenters. The molecule has 1 N–H and O–H groups in total. The number of aromatic hydroxyl groups is 1. The highest BCUT2D eigenvalue weighted by Gasteiger charge is 2.24. The summed E-state index contributed by atoms with van der Waals surface area (Å²) in [6.07, 6.45) is 0. The predicted octanol–water partition coefficient (Wildman–Crippen LogP) is 2.66. The van der Waals surface area contributed by atoms with Crippen LogP contribution in [-0.2, 0) is 9.53 Å². The van der Waals surface area contributed by atoms with Crippen LogP contribution in [0.1, 0.15) is 13.8 Å². The van der Waals surface area contributed by atoms with Crippen LogP contribution in [0.4, 0.5) is 22.0 Å². The maximum atomic E-state index is 12.2. The van der Waals surface area contributed by atoms with Gasteiger partial charge in [-0.05, 0) is 6.92 Å². The van der Waals surface area contributed by atoms with Gasteiger partial charge in [0.2, 0.25) is 29.1 Å². The van der Waals surface area contributed by atoms with E-state index in [-0.39, 0.29) is 5.97 Å². The first kappa shape index (κ1) is 16.1. The molecule has 0 fully saturated rings. The SMILES string of the molecule is CCOC(C)=O.Oc1c(F)c(F)c(F)c(F)c1F. The Labute approximate surface area is 98.8 Å². The van der Waals surface area contributed by atoms with Crippen molar-refractivity contribution in [3.05, 3.63) is 29.1 Å². The number of hydrogen-bond donors (Lipinski definition) is 1. The Balaban J connectivity index is 0.000000411. The summed E-state index contributed by atoms with van der Waals surface area (Å²) < 4.78 is 65.0. The summed E-state index contributed by atoms with van der Waals surface area (Å²) in [5.41, 5.74) is 0. The lowest BCUT2D eigenvalue weighted by Gasteiger charge is -2.00. The number of esters is 1. The van der Waals surface area contributed by atoms with Gasteiger partial charge in [-0.25, -0.2) is 13.2 Å². The van der Waals surface area contributed by atoms with Gasteiger partial charge in [0.15, 0.2) is 5.75 Å². The average Bonchev–Trinajstić information content (AvgIpc) is 2.32. The molecule has 0 radical (unpaired) electrons. The van der Waals surface area contributed by atoms with Crippen LogP contribution in [0.25, 0.3) is 0 Å². The summed E-state index contributed by atoms with van der Waals surface area (Å²) in [7, 11) is 0. The first-order chi connectivity index (χ1) is 8.23. The third kappa shape index (κ3) is 3.86. The van der Waals surface area contributed by atoms with Gasteiger partial charge in [-0.3, -0.25) is 4.79 Å². The van der Waals surface area contributed by atoms with Gasteiger partial charge in [0.25, 0.3) is 0 Å². The first-order valence-corrected chi connectivity index (χ1v) is 4.57. The van der Waals surface area contributed by atoms with E-state index in [9.17, 15) is 26.7 Å². The van der Waals surface area contributed by atoms with Gasteiger partial charge >= 0.3 is 5.97 Å². The largest absolute Gasteiger partial charge is 0.503 e. The van der Waals surface area contributed by atoms with Gasteiger partial charge in [0, 0.05) is 6.92 Å². The van der Waals surface area contributed by atoms with Crippen molar-refractivity contribution >= 4 is 5.97 Å². The molecule has 0 heterocycles. The second kappa shape index (κ2) is 6.77. The summed E-state index contributed by atoms with van der Waals surface area (Å²) in [5, 5.41) is 8.30. The summed E-state index contributed by atoms with van der Waals surface area (Å²) in [4.78, 5) is 9.82. The number of ether oxygens (including phenoxy) is 1. The van der Waals surface area contributed by atoms with Crippen LogP contribution in [0.3, 0.4) is 0 Å². The first-order valence-electron chi connectivity index (χ1n) is 4.57. The van der Waals surface area contributed by atoms with Crippen LogP contribution >= 0.6 is 0 Å². The topological polar surface area (TPSA) is 46.5 Å². The lowest BCUT2D eigenvalue weighted by atomic mass is 10.3. The molecule has 8 heteroatoms. The molecule has 0 unspecified atom stereocenters. The third-order valence-corrected chi connectivity index (χ3v) is 1.53. The van der Waals surface area contributed by atoms with E-state index in [2.05, 4.69) is 4.74 Å². The predicted molar refractivity (Wildman–Crippen MR) is 50.2 cm³/mol. The molecule has 0 bridgehead atoms. The minimum Gasteiger partial charge on any atom is -0.503 e. The minimum atomic E-state index is -2.29. The van der Waals surface area contributed by atoms with E-state index in [1.807, 2.05) is 0 Å². The van der Waals surface area contributed by atoms with Crippen LogP contribution in [0.2, 0.25) is 0 Å². The fourth-order valence-corrected chi connectivity index (χ4v) is 0.797. The van der Waals surface area contributed by atoms with E-state index in [4.69, 9.17) is 5.11 Å². The lowest BCUT2D eigenvalue weighted by molar-refractivity contribution is -0.140. The maximum absolute atomic E-state index is 12.2. The number of carbonyl (C=O) groups excluding carboxylic acids is 1. The Morgan fingerprint density at radius 2 is 1.33 bits per heavy atom. The van der Waals surface area contributed by atoms with Gasteiger partial charge in [0.1, 0.15) is 0 Å². The van der Waals surface area contributed by atoms with Gasteiger partial charge in [-0.2, -0.15) is 8.78 Å². The number of rotatable bonds is 1. The van der Waals surface area contributed by atoms with E-state index in [1.54, 1.807) is 6.92 Å². The van der Waals surface area contributed by atoms with Crippen LogP contribution in [-0.4, -0.2) is 17.7 Å². The molecule has 1 aromatic carbocycles. The molecule has 0 saturated carbocycles. The van der Waals surface area contributed by atoms with Gasteiger partial charge in [-0.15, -0.1) is 0 Å². The monoisotopic (exact) mass is 272 g/mol. The molecule has 1 aromatic rings. The molecule has 0 spiro atoms. The normalized spacial score (nSPS) is 9.50. The summed E-state index contributed by atoms with van der Waals surface area (Å²) in [6, 6.07) is 0. The molecular formula is C10H9F5O3. The number of phenols is 1. The zero-order chi connectivity index (χ0) is 14.5. The summed E-state index contributed by atoms with van der Waals surface area (Å²) in [5.74, 6) is -13.2. The molecule has 0 amide bonds.